The lowest BCUT2D eigenvalue weighted by Crippen LogP contribution is -2.07. The standard InChI is InChI=1S/C12H14F2O3/c1-7(4-11(15)16-2)8-5-9(13)12(17-3)10(14)6-8/h5-7H,4H2,1-3H3. The molecule has 0 heterocycles. The molecule has 0 bridgehead atoms. The van der Waals surface area contributed by atoms with E-state index >= 15 is 0 Å². The van der Waals surface area contributed by atoms with Crippen molar-refractivity contribution in [3.8, 4) is 5.75 Å². The Morgan fingerprint density at radius 3 is 2.24 bits per heavy atom. The number of benzene rings is 1. The molecule has 0 spiro atoms. The van der Waals surface area contributed by atoms with E-state index in [0.29, 0.717) is 5.56 Å². The Kier molecular flexibility index (Phi) is 4.43. The van der Waals surface area contributed by atoms with Gasteiger partial charge in [-0.25, -0.2) is 8.78 Å². The van der Waals surface area contributed by atoms with Crippen LogP contribution >= 0.6 is 0 Å². The van der Waals surface area contributed by atoms with E-state index in [9.17, 15) is 13.6 Å². The van der Waals surface area contributed by atoms with Crippen molar-refractivity contribution in [2.75, 3.05) is 14.2 Å². The Bertz CT molecular complexity index is 395. The fourth-order valence-electron chi connectivity index (χ4n) is 1.51. The molecule has 1 unspecified atom stereocenters. The van der Waals surface area contributed by atoms with Crippen LogP contribution in [0.25, 0.3) is 0 Å². The van der Waals surface area contributed by atoms with Crippen molar-refractivity contribution in [1.82, 2.24) is 0 Å². The van der Waals surface area contributed by atoms with Gasteiger partial charge in [0.2, 0.25) is 0 Å². The number of carbonyl (C=O) groups excluding carboxylic acids is 1. The molecule has 1 atom stereocenters. The molecule has 3 nitrogen and oxygen atoms in total. The third kappa shape index (κ3) is 3.15. The molecule has 0 amide bonds. The zero-order valence-electron chi connectivity index (χ0n) is 9.92. The van der Waals surface area contributed by atoms with Crippen molar-refractivity contribution < 1.29 is 23.0 Å². The Morgan fingerprint density at radius 2 is 1.82 bits per heavy atom. The van der Waals surface area contributed by atoms with Gasteiger partial charge in [-0.1, -0.05) is 6.92 Å². The molecule has 94 valence electrons. The first-order valence-corrected chi connectivity index (χ1v) is 5.09. The fraction of sp³-hybridized carbons (Fsp3) is 0.417. The summed E-state index contributed by atoms with van der Waals surface area (Å²) in [5.41, 5.74) is 0.395. The molecule has 0 saturated carbocycles. The smallest absolute Gasteiger partial charge is 0.306 e. The summed E-state index contributed by atoms with van der Waals surface area (Å²) in [5.74, 6) is -2.72. The number of hydrogen-bond acceptors (Lipinski definition) is 3. The summed E-state index contributed by atoms with van der Waals surface area (Å²) in [4.78, 5) is 11.1. The van der Waals surface area contributed by atoms with E-state index in [1.165, 1.54) is 14.2 Å². The second kappa shape index (κ2) is 5.61. The highest BCUT2D eigenvalue weighted by Gasteiger charge is 2.17. The van der Waals surface area contributed by atoms with E-state index in [0.717, 1.165) is 12.1 Å². The highest BCUT2D eigenvalue weighted by molar-refractivity contribution is 5.70. The summed E-state index contributed by atoms with van der Waals surface area (Å²) in [6.45, 7) is 1.69. The van der Waals surface area contributed by atoms with Gasteiger partial charge >= 0.3 is 5.97 Å². The van der Waals surface area contributed by atoms with E-state index in [4.69, 9.17) is 0 Å². The second-order valence-corrected chi connectivity index (χ2v) is 3.70. The van der Waals surface area contributed by atoms with Gasteiger partial charge in [0, 0.05) is 0 Å². The molecule has 0 aliphatic rings. The van der Waals surface area contributed by atoms with E-state index in [-0.39, 0.29) is 12.3 Å². The van der Waals surface area contributed by atoms with Gasteiger partial charge in [-0.15, -0.1) is 0 Å². The van der Waals surface area contributed by atoms with Crippen LogP contribution in [0.5, 0.6) is 5.75 Å². The SMILES string of the molecule is COC(=O)CC(C)c1cc(F)c(OC)c(F)c1. The Morgan fingerprint density at radius 1 is 1.29 bits per heavy atom. The van der Waals surface area contributed by atoms with Crippen molar-refractivity contribution in [2.45, 2.75) is 19.3 Å². The maximum Gasteiger partial charge on any atom is 0.306 e. The third-order valence-corrected chi connectivity index (χ3v) is 2.49. The monoisotopic (exact) mass is 244 g/mol. The quantitative estimate of drug-likeness (QED) is 0.764. The average Bonchev–Trinajstić information content (AvgIpc) is 2.28. The molecule has 0 aliphatic heterocycles. The Hall–Kier alpha value is -1.65. The number of methoxy groups -OCH3 is 2. The lowest BCUT2D eigenvalue weighted by molar-refractivity contribution is -0.140. The predicted octanol–water partition coefficient (Wildman–Crippen LogP) is 2.64. The maximum absolute atomic E-state index is 13.4. The lowest BCUT2D eigenvalue weighted by atomic mass is 9.97. The second-order valence-electron chi connectivity index (χ2n) is 3.70. The first-order chi connectivity index (χ1) is 7.99. The van der Waals surface area contributed by atoms with Gasteiger partial charge in [0.15, 0.2) is 17.4 Å². The van der Waals surface area contributed by atoms with Crippen molar-refractivity contribution in [1.29, 1.82) is 0 Å². The minimum absolute atomic E-state index is 0.0711. The van der Waals surface area contributed by atoms with E-state index in [1.54, 1.807) is 6.92 Å². The summed E-state index contributed by atoms with van der Waals surface area (Å²) in [7, 11) is 2.46. The van der Waals surface area contributed by atoms with Crippen LogP contribution in [0, 0.1) is 11.6 Å². The van der Waals surface area contributed by atoms with E-state index in [1.807, 2.05) is 0 Å². The van der Waals surface area contributed by atoms with Gasteiger partial charge < -0.3 is 9.47 Å². The van der Waals surface area contributed by atoms with Crippen molar-refractivity contribution in [3.63, 3.8) is 0 Å². The zero-order valence-corrected chi connectivity index (χ0v) is 9.92. The molecule has 0 aromatic heterocycles. The number of rotatable bonds is 4. The van der Waals surface area contributed by atoms with Gasteiger partial charge in [0.25, 0.3) is 0 Å². The minimum atomic E-state index is -0.779. The van der Waals surface area contributed by atoms with Gasteiger partial charge in [-0.3, -0.25) is 4.79 Å². The third-order valence-electron chi connectivity index (χ3n) is 2.49. The number of hydrogen-bond donors (Lipinski definition) is 0. The molecule has 0 radical (unpaired) electrons. The van der Waals surface area contributed by atoms with Crippen molar-refractivity contribution in [2.24, 2.45) is 0 Å². The topological polar surface area (TPSA) is 35.5 Å². The molecule has 0 saturated heterocycles. The normalized spacial score (nSPS) is 12.1. The van der Waals surface area contributed by atoms with Crippen LogP contribution in [0.3, 0.4) is 0 Å². The van der Waals surface area contributed by atoms with Crippen LogP contribution in [0.1, 0.15) is 24.8 Å². The summed E-state index contributed by atoms with van der Waals surface area (Å²) >= 11 is 0. The highest BCUT2D eigenvalue weighted by atomic mass is 19.1. The number of carbonyl (C=O) groups is 1. The molecule has 1 aromatic carbocycles. The molecule has 0 fully saturated rings. The minimum Gasteiger partial charge on any atom is -0.491 e. The van der Waals surface area contributed by atoms with Gasteiger partial charge in [-0.2, -0.15) is 0 Å². The summed E-state index contributed by atoms with van der Waals surface area (Å²) in [6, 6.07) is 2.32. The average molecular weight is 244 g/mol. The van der Waals surface area contributed by atoms with Crippen LogP contribution < -0.4 is 4.74 Å². The molecular formula is C12H14F2O3. The summed E-state index contributed by atoms with van der Waals surface area (Å²) in [5, 5.41) is 0. The molecule has 1 rings (SSSR count). The van der Waals surface area contributed by atoms with E-state index in [2.05, 4.69) is 9.47 Å². The van der Waals surface area contributed by atoms with Crippen LogP contribution in [0.15, 0.2) is 12.1 Å². The Balaban J connectivity index is 2.96. The molecular weight excluding hydrogens is 230 g/mol. The summed E-state index contributed by atoms with van der Waals surface area (Å²) < 4.78 is 35.9. The van der Waals surface area contributed by atoms with Gasteiger partial charge in [-0.05, 0) is 23.6 Å². The summed E-state index contributed by atoms with van der Waals surface area (Å²) in [6.07, 6.45) is 0.0711. The van der Waals surface area contributed by atoms with Crippen LogP contribution in [-0.4, -0.2) is 20.2 Å². The molecule has 0 N–H and O–H groups in total. The number of halogens is 2. The lowest BCUT2D eigenvalue weighted by Gasteiger charge is -2.12. The van der Waals surface area contributed by atoms with Gasteiger partial charge in [0.05, 0.1) is 20.6 Å². The van der Waals surface area contributed by atoms with Crippen molar-refractivity contribution in [3.05, 3.63) is 29.3 Å². The van der Waals surface area contributed by atoms with Crippen molar-refractivity contribution >= 4 is 5.97 Å². The number of ether oxygens (including phenoxy) is 2. The molecule has 17 heavy (non-hydrogen) atoms. The van der Waals surface area contributed by atoms with Crippen LogP contribution in [-0.2, 0) is 9.53 Å². The first kappa shape index (κ1) is 13.4. The largest absolute Gasteiger partial charge is 0.491 e. The van der Waals surface area contributed by atoms with E-state index < -0.39 is 23.4 Å². The maximum atomic E-state index is 13.4. The van der Waals surface area contributed by atoms with Crippen LogP contribution in [0.2, 0.25) is 0 Å². The molecule has 0 aliphatic carbocycles. The molecule has 5 heteroatoms. The fourth-order valence-corrected chi connectivity index (χ4v) is 1.51. The Labute approximate surface area is 98.3 Å². The number of esters is 1. The van der Waals surface area contributed by atoms with Gasteiger partial charge in [0.1, 0.15) is 0 Å². The zero-order chi connectivity index (χ0) is 13.0. The predicted molar refractivity (Wildman–Crippen MR) is 58.0 cm³/mol. The van der Waals surface area contributed by atoms with Crippen LogP contribution in [0.4, 0.5) is 8.78 Å². The first-order valence-electron chi connectivity index (χ1n) is 5.09. The molecule has 1 aromatic rings. The highest BCUT2D eigenvalue weighted by Crippen LogP contribution is 2.28.